The minimum absolute atomic E-state index is 0.227. The SMILES string of the molecule is OCC1=CC=CCC1. The van der Waals surface area contributed by atoms with Crippen LogP contribution in [0.2, 0.25) is 0 Å². The summed E-state index contributed by atoms with van der Waals surface area (Å²) in [7, 11) is 0. The van der Waals surface area contributed by atoms with Gasteiger partial charge in [-0.2, -0.15) is 0 Å². The van der Waals surface area contributed by atoms with Crippen LogP contribution in [-0.2, 0) is 0 Å². The molecule has 0 aromatic carbocycles. The van der Waals surface area contributed by atoms with Gasteiger partial charge in [0.25, 0.3) is 0 Å². The number of hydrogen-bond donors (Lipinski definition) is 1. The van der Waals surface area contributed by atoms with Crippen molar-refractivity contribution in [2.45, 2.75) is 12.8 Å². The number of rotatable bonds is 1. The van der Waals surface area contributed by atoms with E-state index in [1.807, 2.05) is 12.2 Å². The highest BCUT2D eigenvalue weighted by Gasteiger charge is 1.94. The van der Waals surface area contributed by atoms with Crippen LogP contribution < -0.4 is 0 Å². The van der Waals surface area contributed by atoms with Crippen LogP contribution in [0.5, 0.6) is 0 Å². The first-order chi connectivity index (χ1) is 3.93. The van der Waals surface area contributed by atoms with Crippen LogP contribution in [0.1, 0.15) is 12.8 Å². The maximum atomic E-state index is 8.59. The van der Waals surface area contributed by atoms with Crippen molar-refractivity contribution in [3.63, 3.8) is 0 Å². The third-order valence-electron chi connectivity index (χ3n) is 1.30. The Morgan fingerprint density at radius 3 is 2.88 bits per heavy atom. The highest BCUT2D eigenvalue weighted by atomic mass is 16.3. The monoisotopic (exact) mass is 110 g/mol. The van der Waals surface area contributed by atoms with E-state index in [1.165, 1.54) is 0 Å². The summed E-state index contributed by atoms with van der Waals surface area (Å²) < 4.78 is 0. The van der Waals surface area contributed by atoms with Crippen molar-refractivity contribution in [1.82, 2.24) is 0 Å². The molecule has 0 saturated carbocycles. The molecule has 0 radical (unpaired) electrons. The van der Waals surface area contributed by atoms with E-state index in [0.29, 0.717) is 0 Å². The van der Waals surface area contributed by atoms with E-state index >= 15 is 0 Å². The molecule has 0 aliphatic heterocycles. The predicted octanol–water partition coefficient (Wildman–Crippen LogP) is 1.26. The van der Waals surface area contributed by atoms with Gasteiger partial charge >= 0.3 is 0 Å². The summed E-state index contributed by atoms with van der Waals surface area (Å²) in [5.41, 5.74) is 1.15. The van der Waals surface area contributed by atoms with Gasteiger partial charge in [-0.25, -0.2) is 0 Å². The van der Waals surface area contributed by atoms with Gasteiger partial charge in [-0.1, -0.05) is 18.2 Å². The first-order valence-corrected chi connectivity index (χ1v) is 2.89. The Balaban J connectivity index is 2.50. The number of allylic oxidation sites excluding steroid dienone is 3. The normalized spacial score (nSPS) is 18.4. The van der Waals surface area contributed by atoms with E-state index in [9.17, 15) is 0 Å². The number of hydrogen-bond acceptors (Lipinski definition) is 1. The van der Waals surface area contributed by atoms with E-state index in [-0.39, 0.29) is 6.61 Å². The molecule has 0 amide bonds. The van der Waals surface area contributed by atoms with Gasteiger partial charge in [0.1, 0.15) is 0 Å². The second-order valence-electron chi connectivity index (χ2n) is 1.95. The van der Waals surface area contributed by atoms with E-state index in [4.69, 9.17) is 5.11 Å². The molecule has 1 aliphatic rings. The summed E-state index contributed by atoms with van der Waals surface area (Å²) in [6, 6.07) is 0. The highest BCUT2D eigenvalue weighted by molar-refractivity contribution is 5.17. The molecule has 0 spiro atoms. The molecule has 0 heterocycles. The lowest BCUT2D eigenvalue weighted by atomic mass is 10.1. The van der Waals surface area contributed by atoms with E-state index in [0.717, 1.165) is 18.4 Å². The average molecular weight is 110 g/mol. The van der Waals surface area contributed by atoms with Gasteiger partial charge in [-0.05, 0) is 18.4 Å². The van der Waals surface area contributed by atoms with Crippen molar-refractivity contribution >= 4 is 0 Å². The lowest BCUT2D eigenvalue weighted by Crippen LogP contribution is -1.91. The quantitative estimate of drug-likeness (QED) is 0.538. The molecule has 0 saturated heterocycles. The molecule has 1 N–H and O–H groups in total. The van der Waals surface area contributed by atoms with Gasteiger partial charge in [0.15, 0.2) is 0 Å². The second kappa shape index (κ2) is 2.68. The fourth-order valence-electron chi connectivity index (χ4n) is 0.784. The summed E-state index contributed by atoms with van der Waals surface area (Å²) in [5, 5.41) is 8.59. The molecule has 44 valence electrons. The van der Waals surface area contributed by atoms with Crippen molar-refractivity contribution in [3.05, 3.63) is 23.8 Å². The van der Waals surface area contributed by atoms with Crippen LogP contribution in [0.25, 0.3) is 0 Å². The van der Waals surface area contributed by atoms with E-state index < -0.39 is 0 Å². The predicted molar refractivity (Wildman–Crippen MR) is 33.5 cm³/mol. The fourth-order valence-corrected chi connectivity index (χ4v) is 0.784. The standard InChI is InChI=1S/C7H10O/c8-6-7-4-2-1-3-5-7/h1-2,4,8H,3,5-6H2. The zero-order valence-electron chi connectivity index (χ0n) is 4.80. The first kappa shape index (κ1) is 5.57. The Kier molecular flexibility index (Phi) is 1.86. The minimum atomic E-state index is 0.227. The number of aliphatic hydroxyl groups excluding tert-OH is 1. The maximum absolute atomic E-state index is 8.59. The van der Waals surface area contributed by atoms with Gasteiger partial charge in [-0.15, -0.1) is 0 Å². The molecule has 8 heavy (non-hydrogen) atoms. The van der Waals surface area contributed by atoms with Crippen LogP contribution in [0, 0.1) is 0 Å². The second-order valence-corrected chi connectivity index (χ2v) is 1.95. The third kappa shape index (κ3) is 1.20. The molecule has 0 unspecified atom stereocenters. The summed E-state index contributed by atoms with van der Waals surface area (Å²) in [6.07, 6.45) is 8.21. The molecule has 0 atom stereocenters. The van der Waals surface area contributed by atoms with Crippen molar-refractivity contribution in [1.29, 1.82) is 0 Å². The Hall–Kier alpha value is -0.560. The Morgan fingerprint density at radius 1 is 1.62 bits per heavy atom. The zero-order valence-corrected chi connectivity index (χ0v) is 4.80. The zero-order chi connectivity index (χ0) is 5.82. The van der Waals surface area contributed by atoms with Gasteiger partial charge in [0, 0.05) is 0 Å². The molecule has 1 rings (SSSR count). The van der Waals surface area contributed by atoms with Crippen LogP contribution >= 0.6 is 0 Å². The van der Waals surface area contributed by atoms with Crippen molar-refractivity contribution in [2.75, 3.05) is 6.61 Å². The summed E-state index contributed by atoms with van der Waals surface area (Å²) in [5.74, 6) is 0. The largest absolute Gasteiger partial charge is 0.392 e. The fraction of sp³-hybridized carbons (Fsp3) is 0.429. The van der Waals surface area contributed by atoms with Crippen LogP contribution in [0.3, 0.4) is 0 Å². The maximum Gasteiger partial charge on any atom is 0.0644 e. The summed E-state index contributed by atoms with van der Waals surface area (Å²) in [4.78, 5) is 0. The summed E-state index contributed by atoms with van der Waals surface area (Å²) in [6.45, 7) is 0.227. The molecular formula is C7H10O. The topological polar surface area (TPSA) is 20.2 Å². The first-order valence-electron chi connectivity index (χ1n) is 2.89. The van der Waals surface area contributed by atoms with Gasteiger partial charge in [-0.3, -0.25) is 0 Å². The molecule has 0 aromatic rings. The van der Waals surface area contributed by atoms with Crippen molar-refractivity contribution < 1.29 is 5.11 Å². The van der Waals surface area contributed by atoms with E-state index in [1.54, 1.807) is 0 Å². The Bertz CT molecular complexity index is 122. The van der Waals surface area contributed by atoms with E-state index in [2.05, 4.69) is 6.08 Å². The molecule has 0 fully saturated rings. The molecule has 1 aliphatic carbocycles. The molecule has 0 bridgehead atoms. The smallest absolute Gasteiger partial charge is 0.0644 e. The number of aliphatic hydroxyl groups is 1. The molecule has 0 aromatic heterocycles. The van der Waals surface area contributed by atoms with Crippen molar-refractivity contribution in [3.8, 4) is 0 Å². The minimum Gasteiger partial charge on any atom is -0.392 e. The Labute approximate surface area is 49.3 Å². The van der Waals surface area contributed by atoms with Gasteiger partial charge in [0.05, 0.1) is 6.61 Å². The summed E-state index contributed by atoms with van der Waals surface area (Å²) >= 11 is 0. The molecule has 1 heteroatoms. The molecular weight excluding hydrogens is 100 g/mol. The van der Waals surface area contributed by atoms with Crippen LogP contribution in [-0.4, -0.2) is 11.7 Å². The lowest BCUT2D eigenvalue weighted by molar-refractivity contribution is 0.326. The van der Waals surface area contributed by atoms with Gasteiger partial charge in [0.2, 0.25) is 0 Å². The highest BCUT2D eigenvalue weighted by Crippen LogP contribution is 2.09. The van der Waals surface area contributed by atoms with Gasteiger partial charge < -0.3 is 5.11 Å². The van der Waals surface area contributed by atoms with Crippen LogP contribution in [0.4, 0.5) is 0 Å². The third-order valence-corrected chi connectivity index (χ3v) is 1.30. The average Bonchev–Trinajstić information content (AvgIpc) is 1.90. The Morgan fingerprint density at radius 2 is 2.50 bits per heavy atom. The van der Waals surface area contributed by atoms with Crippen LogP contribution in [0.15, 0.2) is 23.8 Å². The molecule has 1 nitrogen and oxygen atoms in total. The lowest BCUT2D eigenvalue weighted by Gasteiger charge is -2.02. The van der Waals surface area contributed by atoms with Crippen molar-refractivity contribution in [2.24, 2.45) is 0 Å².